The van der Waals surface area contributed by atoms with Crippen LogP contribution in [0, 0.1) is 0 Å². The maximum absolute atomic E-state index is 11.5. The molecule has 0 bridgehead atoms. The molecule has 1 aromatic rings. The molecule has 0 amide bonds. The third-order valence-electron chi connectivity index (χ3n) is 4.71. The van der Waals surface area contributed by atoms with E-state index in [1.807, 2.05) is 0 Å². The minimum absolute atomic E-state index is 0.182. The number of para-hydroxylation sites is 1. The molecule has 0 spiro atoms. The van der Waals surface area contributed by atoms with E-state index in [-0.39, 0.29) is 5.56 Å². The Morgan fingerprint density at radius 2 is 1.30 bits per heavy atom. The molecule has 0 aromatic heterocycles. The molecular formula is C23H38O4. The van der Waals surface area contributed by atoms with Gasteiger partial charge in [-0.3, -0.25) is 0 Å². The van der Waals surface area contributed by atoms with E-state index in [1.165, 1.54) is 51.4 Å². The van der Waals surface area contributed by atoms with E-state index >= 15 is 0 Å². The standard InChI is InChI=1S/C23H38O4/c1-3-5-7-9-11-13-18-26-21-17-15-16-20(23(24)25)22(21)27-19-14-12-10-8-6-4-2/h15-17H,3-14,18-19H2,1-2H3,(H,24,25). The van der Waals surface area contributed by atoms with Gasteiger partial charge in [-0.1, -0.05) is 84.1 Å². The fraction of sp³-hybridized carbons (Fsp3) is 0.696. The van der Waals surface area contributed by atoms with Gasteiger partial charge in [0.25, 0.3) is 0 Å². The molecule has 154 valence electrons. The largest absolute Gasteiger partial charge is 0.490 e. The Morgan fingerprint density at radius 1 is 0.778 bits per heavy atom. The number of benzene rings is 1. The lowest BCUT2D eigenvalue weighted by Crippen LogP contribution is -2.08. The lowest BCUT2D eigenvalue weighted by atomic mass is 10.1. The highest BCUT2D eigenvalue weighted by molar-refractivity contribution is 5.92. The molecule has 1 N–H and O–H groups in total. The molecular weight excluding hydrogens is 340 g/mol. The Balaban J connectivity index is 2.46. The Kier molecular flexibility index (Phi) is 13.3. The summed E-state index contributed by atoms with van der Waals surface area (Å²) in [6.07, 6.45) is 14.2. The van der Waals surface area contributed by atoms with Gasteiger partial charge in [-0.15, -0.1) is 0 Å². The van der Waals surface area contributed by atoms with Crippen LogP contribution in [0.25, 0.3) is 0 Å². The number of aromatic carboxylic acids is 1. The summed E-state index contributed by atoms with van der Waals surface area (Å²) in [5.41, 5.74) is 0.182. The normalized spacial score (nSPS) is 10.7. The van der Waals surface area contributed by atoms with Gasteiger partial charge in [-0.05, 0) is 25.0 Å². The second kappa shape index (κ2) is 15.4. The summed E-state index contributed by atoms with van der Waals surface area (Å²) in [7, 11) is 0. The van der Waals surface area contributed by atoms with Crippen LogP contribution in [0.2, 0.25) is 0 Å². The molecule has 0 unspecified atom stereocenters. The number of carboxylic acids is 1. The number of ether oxygens (including phenoxy) is 2. The van der Waals surface area contributed by atoms with E-state index in [0.717, 1.165) is 25.7 Å². The smallest absolute Gasteiger partial charge is 0.339 e. The van der Waals surface area contributed by atoms with E-state index in [0.29, 0.717) is 24.7 Å². The van der Waals surface area contributed by atoms with Crippen LogP contribution < -0.4 is 9.47 Å². The van der Waals surface area contributed by atoms with Crippen molar-refractivity contribution in [3.05, 3.63) is 23.8 Å². The first kappa shape index (κ1) is 23.3. The second-order valence-electron chi connectivity index (χ2n) is 7.17. The average molecular weight is 379 g/mol. The maximum atomic E-state index is 11.5. The Morgan fingerprint density at radius 3 is 1.85 bits per heavy atom. The van der Waals surface area contributed by atoms with Gasteiger partial charge in [-0.2, -0.15) is 0 Å². The molecule has 0 aliphatic rings. The fourth-order valence-corrected chi connectivity index (χ4v) is 3.07. The van der Waals surface area contributed by atoms with Crippen LogP contribution in [-0.2, 0) is 0 Å². The molecule has 4 nitrogen and oxygen atoms in total. The van der Waals surface area contributed by atoms with Gasteiger partial charge >= 0.3 is 5.97 Å². The van der Waals surface area contributed by atoms with Gasteiger partial charge in [0.05, 0.1) is 13.2 Å². The number of carboxylic acid groups (broad SMARTS) is 1. The van der Waals surface area contributed by atoms with Gasteiger partial charge in [0.15, 0.2) is 11.5 Å². The lowest BCUT2D eigenvalue weighted by Gasteiger charge is -2.15. The molecule has 4 heteroatoms. The number of rotatable bonds is 17. The van der Waals surface area contributed by atoms with Crippen molar-refractivity contribution >= 4 is 5.97 Å². The van der Waals surface area contributed by atoms with Crippen LogP contribution in [0.1, 0.15) is 101 Å². The van der Waals surface area contributed by atoms with Crippen LogP contribution in [0.5, 0.6) is 11.5 Å². The summed E-state index contributed by atoms with van der Waals surface area (Å²) < 4.78 is 11.7. The van der Waals surface area contributed by atoms with Gasteiger partial charge in [0.2, 0.25) is 0 Å². The summed E-state index contributed by atoms with van der Waals surface area (Å²) in [5.74, 6) is -0.0445. The van der Waals surface area contributed by atoms with Crippen molar-refractivity contribution < 1.29 is 19.4 Å². The maximum Gasteiger partial charge on any atom is 0.339 e. The molecule has 0 radical (unpaired) electrons. The van der Waals surface area contributed by atoms with Gasteiger partial charge in [0, 0.05) is 0 Å². The van der Waals surface area contributed by atoms with Crippen LogP contribution >= 0.6 is 0 Å². The molecule has 0 atom stereocenters. The molecule has 0 saturated heterocycles. The molecule has 27 heavy (non-hydrogen) atoms. The van der Waals surface area contributed by atoms with Crippen molar-refractivity contribution in [2.24, 2.45) is 0 Å². The third-order valence-corrected chi connectivity index (χ3v) is 4.71. The minimum Gasteiger partial charge on any atom is -0.490 e. The summed E-state index contributed by atoms with van der Waals surface area (Å²) in [5, 5.41) is 9.45. The highest BCUT2D eigenvalue weighted by Gasteiger charge is 2.16. The van der Waals surface area contributed by atoms with Crippen molar-refractivity contribution in [3.8, 4) is 11.5 Å². The number of hydrogen-bond acceptors (Lipinski definition) is 3. The summed E-state index contributed by atoms with van der Waals surface area (Å²) >= 11 is 0. The summed E-state index contributed by atoms with van der Waals surface area (Å²) in [6.45, 7) is 5.55. The van der Waals surface area contributed by atoms with Crippen molar-refractivity contribution in [2.45, 2.75) is 90.9 Å². The average Bonchev–Trinajstić information content (AvgIpc) is 2.67. The van der Waals surface area contributed by atoms with E-state index in [4.69, 9.17) is 9.47 Å². The SMILES string of the molecule is CCCCCCCCOc1cccc(C(=O)O)c1OCCCCCCCC. The molecule has 1 rings (SSSR count). The van der Waals surface area contributed by atoms with Crippen LogP contribution in [0.15, 0.2) is 18.2 Å². The van der Waals surface area contributed by atoms with Crippen LogP contribution in [-0.4, -0.2) is 24.3 Å². The summed E-state index contributed by atoms with van der Waals surface area (Å²) in [4.78, 5) is 11.5. The van der Waals surface area contributed by atoms with Gasteiger partial charge < -0.3 is 14.6 Å². The fourth-order valence-electron chi connectivity index (χ4n) is 3.07. The first-order chi connectivity index (χ1) is 13.2. The van der Waals surface area contributed by atoms with E-state index in [1.54, 1.807) is 18.2 Å². The number of hydrogen-bond donors (Lipinski definition) is 1. The predicted octanol–water partition coefficient (Wildman–Crippen LogP) is 6.86. The van der Waals surface area contributed by atoms with Crippen molar-refractivity contribution in [2.75, 3.05) is 13.2 Å². The Bertz CT molecular complexity index is 513. The van der Waals surface area contributed by atoms with Crippen molar-refractivity contribution in [1.29, 1.82) is 0 Å². The predicted molar refractivity (Wildman–Crippen MR) is 111 cm³/mol. The minimum atomic E-state index is -0.974. The molecule has 0 aliphatic heterocycles. The zero-order valence-electron chi connectivity index (χ0n) is 17.3. The number of carbonyl (C=O) groups is 1. The van der Waals surface area contributed by atoms with Gasteiger partial charge in [-0.25, -0.2) is 4.79 Å². The first-order valence-electron chi connectivity index (χ1n) is 10.8. The molecule has 0 heterocycles. The first-order valence-corrected chi connectivity index (χ1v) is 10.8. The second-order valence-corrected chi connectivity index (χ2v) is 7.17. The highest BCUT2D eigenvalue weighted by Crippen LogP contribution is 2.32. The zero-order valence-corrected chi connectivity index (χ0v) is 17.3. The van der Waals surface area contributed by atoms with Crippen LogP contribution in [0.4, 0.5) is 0 Å². The van der Waals surface area contributed by atoms with Crippen LogP contribution in [0.3, 0.4) is 0 Å². The Hall–Kier alpha value is -1.71. The van der Waals surface area contributed by atoms with Crippen molar-refractivity contribution in [1.82, 2.24) is 0 Å². The topological polar surface area (TPSA) is 55.8 Å². The number of unbranched alkanes of at least 4 members (excludes halogenated alkanes) is 10. The zero-order chi connectivity index (χ0) is 19.7. The van der Waals surface area contributed by atoms with Gasteiger partial charge in [0.1, 0.15) is 5.56 Å². The quantitative estimate of drug-likeness (QED) is 0.301. The Labute approximate surface area is 165 Å². The molecule has 1 aromatic carbocycles. The summed E-state index contributed by atoms with van der Waals surface area (Å²) in [6, 6.07) is 5.11. The van der Waals surface area contributed by atoms with E-state index in [2.05, 4.69) is 13.8 Å². The molecule has 0 saturated carbocycles. The monoisotopic (exact) mass is 378 g/mol. The lowest BCUT2D eigenvalue weighted by molar-refractivity contribution is 0.0691. The van der Waals surface area contributed by atoms with Crippen molar-refractivity contribution in [3.63, 3.8) is 0 Å². The molecule has 0 aliphatic carbocycles. The van der Waals surface area contributed by atoms with E-state index < -0.39 is 5.97 Å². The molecule has 0 fully saturated rings. The highest BCUT2D eigenvalue weighted by atomic mass is 16.5. The van der Waals surface area contributed by atoms with E-state index in [9.17, 15) is 9.90 Å². The third kappa shape index (κ3) is 10.3.